The van der Waals surface area contributed by atoms with Crippen LogP contribution in [0.25, 0.3) is 0 Å². The van der Waals surface area contributed by atoms with Gasteiger partial charge in [-0.2, -0.15) is 0 Å². The van der Waals surface area contributed by atoms with Gasteiger partial charge in [-0.15, -0.1) is 0 Å². The predicted molar refractivity (Wildman–Crippen MR) is 58.2 cm³/mol. The van der Waals surface area contributed by atoms with E-state index < -0.39 is 0 Å². The summed E-state index contributed by atoms with van der Waals surface area (Å²) in [6, 6.07) is 0.863. The van der Waals surface area contributed by atoms with Gasteiger partial charge in [0.25, 0.3) is 0 Å². The summed E-state index contributed by atoms with van der Waals surface area (Å²) in [5, 5.41) is 0. The molecule has 2 unspecified atom stereocenters. The van der Waals surface area contributed by atoms with Crippen LogP contribution in [0.1, 0.15) is 27.7 Å². The Morgan fingerprint density at radius 2 is 1.21 bits per heavy atom. The van der Waals surface area contributed by atoms with Gasteiger partial charge in [0.15, 0.2) is 0 Å². The van der Waals surface area contributed by atoms with Crippen LogP contribution in [-0.2, 0) is 0 Å². The molecule has 0 aromatic heterocycles. The number of hydrogen-bond acceptors (Lipinski definition) is 1. The topological polar surface area (TPSA) is 23.6 Å². The normalized spacial score (nSPS) is 28.4. The van der Waals surface area contributed by atoms with Gasteiger partial charge in [-0.1, -0.05) is 27.7 Å². The summed E-state index contributed by atoms with van der Waals surface area (Å²) >= 11 is 0. The maximum Gasteiger partial charge on any atom is 0.320 e. The van der Waals surface area contributed by atoms with Crippen LogP contribution in [0.5, 0.6) is 0 Å². The molecule has 1 rings (SSSR count). The molecule has 1 heterocycles. The SMILES string of the molecule is CC(C)C1C(C(C)C)N(C)C(=O)N1C. The Bertz CT molecular complexity index is 203. The minimum Gasteiger partial charge on any atom is -0.322 e. The average Bonchev–Trinajstić information content (AvgIpc) is 2.29. The fourth-order valence-electron chi connectivity index (χ4n) is 2.65. The first kappa shape index (κ1) is 11.3. The van der Waals surface area contributed by atoms with Crippen LogP contribution in [-0.4, -0.2) is 42.0 Å². The fourth-order valence-corrected chi connectivity index (χ4v) is 2.65. The molecule has 0 aliphatic carbocycles. The molecule has 0 saturated carbocycles. The average molecular weight is 198 g/mol. The van der Waals surface area contributed by atoms with Crippen LogP contribution in [0, 0.1) is 11.8 Å². The zero-order valence-electron chi connectivity index (χ0n) is 10.1. The molecule has 1 fully saturated rings. The smallest absolute Gasteiger partial charge is 0.320 e. The molecule has 2 atom stereocenters. The Morgan fingerprint density at radius 3 is 1.43 bits per heavy atom. The highest BCUT2D eigenvalue weighted by Crippen LogP contribution is 2.29. The number of amides is 2. The summed E-state index contributed by atoms with van der Waals surface area (Å²) in [6.07, 6.45) is 0. The van der Waals surface area contributed by atoms with Crippen molar-refractivity contribution in [2.45, 2.75) is 39.8 Å². The van der Waals surface area contributed by atoms with E-state index in [9.17, 15) is 4.79 Å². The Hall–Kier alpha value is -0.730. The lowest BCUT2D eigenvalue weighted by molar-refractivity contribution is 0.196. The Labute approximate surface area is 87.1 Å². The molecule has 82 valence electrons. The van der Waals surface area contributed by atoms with Crippen molar-refractivity contribution in [3.63, 3.8) is 0 Å². The van der Waals surface area contributed by atoms with Gasteiger partial charge in [-0.05, 0) is 11.8 Å². The van der Waals surface area contributed by atoms with E-state index in [1.165, 1.54) is 0 Å². The minimum absolute atomic E-state index is 0.155. The lowest BCUT2D eigenvalue weighted by atomic mass is 9.89. The van der Waals surface area contributed by atoms with Gasteiger partial charge >= 0.3 is 6.03 Å². The van der Waals surface area contributed by atoms with Gasteiger partial charge in [0, 0.05) is 14.1 Å². The van der Waals surface area contributed by atoms with Crippen molar-refractivity contribution in [3.05, 3.63) is 0 Å². The van der Waals surface area contributed by atoms with Gasteiger partial charge in [0.05, 0.1) is 12.1 Å². The molecule has 2 amide bonds. The Morgan fingerprint density at radius 1 is 0.929 bits per heavy atom. The van der Waals surface area contributed by atoms with Crippen LogP contribution < -0.4 is 0 Å². The molecule has 3 heteroatoms. The molecule has 0 aromatic rings. The van der Waals surface area contributed by atoms with Gasteiger partial charge in [-0.3, -0.25) is 0 Å². The third-order valence-corrected chi connectivity index (χ3v) is 3.21. The highest BCUT2D eigenvalue weighted by molar-refractivity contribution is 5.77. The van der Waals surface area contributed by atoms with Crippen molar-refractivity contribution in [1.82, 2.24) is 9.80 Å². The molecule has 1 aliphatic heterocycles. The number of likely N-dealkylation sites (N-methyl/N-ethyl adjacent to an activating group) is 2. The maximum absolute atomic E-state index is 11.8. The molecular weight excluding hydrogens is 176 g/mol. The second-order valence-corrected chi connectivity index (χ2v) is 4.97. The Kier molecular flexibility index (Phi) is 3.07. The van der Waals surface area contributed by atoms with E-state index in [1.54, 1.807) is 0 Å². The summed E-state index contributed by atoms with van der Waals surface area (Å²) in [6.45, 7) is 8.73. The molecule has 3 nitrogen and oxygen atoms in total. The van der Waals surface area contributed by atoms with E-state index in [-0.39, 0.29) is 6.03 Å². The largest absolute Gasteiger partial charge is 0.322 e. The number of rotatable bonds is 2. The molecule has 0 bridgehead atoms. The highest BCUT2D eigenvalue weighted by atomic mass is 16.2. The summed E-state index contributed by atoms with van der Waals surface area (Å²) in [5.41, 5.74) is 0. The van der Waals surface area contributed by atoms with Gasteiger partial charge in [0.1, 0.15) is 0 Å². The quantitative estimate of drug-likeness (QED) is 0.666. The Balaban J connectivity index is 2.95. The third-order valence-electron chi connectivity index (χ3n) is 3.21. The van der Waals surface area contributed by atoms with Crippen LogP contribution in [0.15, 0.2) is 0 Å². The van der Waals surface area contributed by atoms with E-state index in [4.69, 9.17) is 0 Å². The van der Waals surface area contributed by atoms with Gasteiger partial charge in [0.2, 0.25) is 0 Å². The van der Waals surface area contributed by atoms with Gasteiger partial charge < -0.3 is 9.80 Å². The van der Waals surface area contributed by atoms with Crippen molar-refractivity contribution in [2.75, 3.05) is 14.1 Å². The summed E-state index contributed by atoms with van der Waals surface area (Å²) in [7, 11) is 3.82. The maximum atomic E-state index is 11.8. The molecule has 1 aliphatic rings. The number of carbonyl (C=O) groups is 1. The molecule has 14 heavy (non-hydrogen) atoms. The van der Waals surface area contributed by atoms with Gasteiger partial charge in [-0.25, -0.2) is 4.79 Å². The molecule has 0 spiro atoms. The molecular formula is C11H22N2O. The summed E-state index contributed by atoms with van der Waals surface area (Å²) in [5.74, 6) is 1.03. The number of urea groups is 1. The highest BCUT2D eigenvalue weighted by Gasteiger charge is 2.44. The number of carbonyl (C=O) groups excluding carboxylic acids is 1. The second kappa shape index (κ2) is 3.79. The first-order chi connectivity index (χ1) is 6.37. The van der Waals surface area contributed by atoms with E-state index in [0.717, 1.165) is 0 Å². The van der Waals surface area contributed by atoms with Crippen molar-refractivity contribution in [2.24, 2.45) is 11.8 Å². The second-order valence-electron chi connectivity index (χ2n) is 4.97. The number of hydrogen-bond donors (Lipinski definition) is 0. The zero-order chi connectivity index (χ0) is 11.0. The molecule has 0 radical (unpaired) electrons. The summed E-state index contributed by atoms with van der Waals surface area (Å²) < 4.78 is 0. The monoisotopic (exact) mass is 198 g/mol. The van der Waals surface area contributed by atoms with Crippen LogP contribution in [0.4, 0.5) is 4.79 Å². The van der Waals surface area contributed by atoms with Crippen molar-refractivity contribution < 1.29 is 4.79 Å². The van der Waals surface area contributed by atoms with E-state index >= 15 is 0 Å². The molecule has 1 saturated heterocycles. The lowest BCUT2D eigenvalue weighted by Crippen LogP contribution is -2.42. The fraction of sp³-hybridized carbons (Fsp3) is 0.909. The number of nitrogens with zero attached hydrogens (tertiary/aromatic N) is 2. The first-order valence-electron chi connectivity index (χ1n) is 5.37. The summed E-state index contributed by atoms with van der Waals surface area (Å²) in [4.78, 5) is 15.6. The van der Waals surface area contributed by atoms with E-state index in [1.807, 2.05) is 23.9 Å². The van der Waals surface area contributed by atoms with Crippen LogP contribution in [0.3, 0.4) is 0 Å². The van der Waals surface area contributed by atoms with Crippen LogP contribution in [0.2, 0.25) is 0 Å². The third kappa shape index (κ3) is 1.60. The van der Waals surface area contributed by atoms with Crippen LogP contribution >= 0.6 is 0 Å². The lowest BCUT2D eigenvalue weighted by Gasteiger charge is -2.31. The van der Waals surface area contributed by atoms with E-state index in [2.05, 4.69) is 27.7 Å². The first-order valence-corrected chi connectivity index (χ1v) is 5.37. The minimum atomic E-state index is 0.155. The molecule has 0 aromatic carbocycles. The zero-order valence-corrected chi connectivity index (χ0v) is 10.1. The van der Waals surface area contributed by atoms with E-state index in [0.29, 0.717) is 23.9 Å². The van der Waals surface area contributed by atoms with Crippen molar-refractivity contribution in [1.29, 1.82) is 0 Å². The molecule has 0 N–H and O–H groups in total. The van der Waals surface area contributed by atoms with Crippen molar-refractivity contribution in [3.8, 4) is 0 Å². The predicted octanol–water partition coefficient (Wildman–Crippen LogP) is 2.03. The van der Waals surface area contributed by atoms with Crippen molar-refractivity contribution >= 4 is 6.03 Å². The standard InChI is InChI=1S/C11H22N2O/c1-7(2)9-10(8(3)4)13(6)11(14)12(9)5/h7-10H,1-6H3.